The van der Waals surface area contributed by atoms with Gasteiger partial charge in [0.05, 0.1) is 16.5 Å². The van der Waals surface area contributed by atoms with Crippen LogP contribution in [0.4, 0.5) is 19.0 Å². The first-order valence-electron chi connectivity index (χ1n) is 12.5. The number of rotatable bonds is 5. The van der Waals surface area contributed by atoms with Crippen molar-refractivity contribution >= 4 is 28.6 Å². The Morgan fingerprint density at radius 2 is 1.89 bits per heavy atom. The second-order valence-electron chi connectivity index (χ2n) is 11.4. The van der Waals surface area contributed by atoms with Crippen molar-refractivity contribution in [2.45, 2.75) is 83.2 Å². The summed E-state index contributed by atoms with van der Waals surface area (Å²) < 4.78 is 39.8. The first kappa shape index (κ1) is 27.1. The van der Waals surface area contributed by atoms with Crippen LogP contribution in [-0.2, 0) is 15.8 Å². The third kappa shape index (κ3) is 5.10. The van der Waals surface area contributed by atoms with Gasteiger partial charge in [0, 0.05) is 29.6 Å². The Morgan fingerprint density at radius 3 is 2.51 bits per heavy atom. The maximum Gasteiger partial charge on any atom is 0.416 e. The number of likely N-dealkylation sites (tertiary alicyclic amines) is 1. The minimum Gasteiger partial charge on any atom is -0.481 e. The van der Waals surface area contributed by atoms with Crippen LogP contribution in [0.5, 0.6) is 0 Å². The Bertz CT molecular complexity index is 1200. The average Bonchev–Trinajstić information content (AvgIpc) is 3.16. The van der Waals surface area contributed by atoms with E-state index in [0.29, 0.717) is 31.3 Å². The van der Waals surface area contributed by atoms with Crippen molar-refractivity contribution in [3.05, 3.63) is 30.1 Å². The van der Waals surface area contributed by atoms with Crippen LogP contribution in [0.2, 0.25) is 0 Å². The quantitative estimate of drug-likeness (QED) is 0.602. The fourth-order valence-corrected chi connectivity index (χ4v) is 5.66. The monoisotopic (exact) mass is 521 g/mol. The first-order chi connectivity index (χ1) is 17.1. The molecule has 202 valence electrons. The van der Waals surface area contributed by atoms with E-state index in [1.807, 2.05) is 7.05 Å². The highest BCUT2D eigenvalue weighted by Crippen LogP contribution is 2.43. The molecule has 1 aromatic carbocycles. The molecule has 2 fully saturated rings. The van der Waals surface area contributed by atoms with E-state index in [4.69, 9.17) is 0 Å². The zero-order valence-corrected chi connectivity index (χ0v) is 21.8. The molecule has 1 saturated heterocycles. The summed E-state index contributed by atoms with van der Waals surface area (Å²) in [5, 5.41) is 13.4. The van der Waals surface area contributed by atoms with E-state index in [0.717, 1.165) is 18.6 Å². The summed E-state index contributed by atoms with van der Waals surface area (Å²) >= 11 is 0. The largest absolute Gasteiger partial charge is 0.481 e. The highest BCUT2D eigenvalue weighted by Gasteiger charge is 2.53. The van der Waals surface area contributed by atoms with Crippen molar-refractivity contribution in [3.63, 3.8) is 0 Å². The van der Waals surface area contributed by atoms with Gasteiger partial charge in [0.25, 0.3) is 0 Å². The number of aromatic nitrogens is 2. The highest BCUT2D eigenvalue weighted by molar-refractivity contribution is 5.93. The first-order valence-corrected chi connectivity index (χ1v) is 12.5. The zero-order chi connectivity index (χ0) is 27.3. The van der Waals surface area contributed by atoms with Crippen LogP contribution in [0.15, 0.2) is 24.5 Å². The van der Waals surface area contributed by atoms with Crippen molar-refractivity contribution < 1.29 is 27.9 Å². The summed E-state index contributed by atoms with van der Waals surface area (Å²) in [6.45, 7) is 8.35. The van der Waals surface area contributed by atoms with Gasteiger partial charge in [-0.3, -0.25) is 14.5 Å². The molecule has 2 N–H and O–H groups in total. The van der Waals surface area contributed by atoms with E-state index in [1.165, 1.54) is 12.4 Å². The summed E-state index contributed by atoms with van der Waals surface area (Å²) in [7, 11) is 2.00. The molecule has 1 aliphatic carbocycles. The van der Waals surface area contributed by atoms with E-state index < -0.39 is 35.2 Å². The minimum absolute atomic E-state index is 0.0687. The maximum atomic E-state index is 13.5. The molecule has 1 unspecified atom stereocenters. The molecule has 1 aromatic heterocycles. The molecule has 1 aliphatic heterocycles. The lowest BCUT2D eigenvalue weighted by molar-refractivity contribution is -0.159. The lowest BCUT2D eigenvalue weighted by Crippen LogP contribution is -2.59. The van der Waals surface area contributed by atoms with Crippen molar-refractivity contribution in [3.8, 4) is 0 Å². The molecule has 4 atom stereocenters. The Kier molecular flexibility index (Phi) is 6.89. The Labute approximate surface area is 214 Å². The number of alkyl halides is 3. The fourth-order valence-electron chi connectivity index (χ4n) is 5.66. The summed E-state index contributed by atoms with van der Waals surface area (Å²) in [5.74, 6) is -1.05. The van der Waals surface area contributed by atoms with Crippen molar-refractivity contribution in [2.75, 3.05) is 18.9 Å². The Hall–Kier alpha value is -2.95. The molecular weight excluding hydrogens is 487 g/mol. The molecule has 0 bridgehead atoms. The predicted octanol–water partition coefficient (Wildman–Crippen LogP) is 4.40. The molecule has 2 aromatic rings. The third-order valence-electron chi connectivity index (χ3n) is 8.15. The highest BCUT2D eigenvalue weighted by atomic mass is 19.4. The van der Waals surface area contributed by atoms with E-state index in [-0.39, 0.29) is 28.7 Å². The summed E-state index contributed by atoms with van der Waals surface area (Å²) in [6.07, 6.45) is -1.16. The number of fused-ring (bicyclic) bond motifs is 1. The number of carboxylic acid groups (broad SMARTS) is 1. The van der Waals surface area contributed by atoms with Gasteiger partial charge in [0.2, 0.25) is 5.91 Å². The summed E-state index contributed by atoms with van der Waals surface area (Å²) in [6, 6.07) is 2.08. The molecule has 11 heteroatoms. The van der Waals surface area contributed by atoms with Crippen LogP contribution in [0, 0.1) is 5.41 Å². The normalized spacial score (nSPS) is 27.2. The number of amides is 1. The Balaban J connectivity index is 1.56. The molecule has 2 heterocycles. The van der Waals surface area contributed by atoms with Crippen LogP contribution < -0.4 is 5.32 Å². The van der Waals surface area contributed by atoms with E-state index in [1.54, 1.807) is 11.8 Å². The predicted molar refractivity (Wildman–Crippen MR) is 133 cm³/mol. The van der Waals surface area contributed by atoms with Crippen molar-refractivity contribution in [1.29, 1.82) is 0 Å². The zero-order valence-electron chi connectivity index (χ0n) is 21.8. The number of hydrogen-bond donors (Lipinski definition) is 2. The average molecular weight is 522 g/mol. The number of carboxylic acids is 1. The van der Waals surface area contributed by atoms with E-state index in [9.17, 15) is 27.9 Å². The van der Waals surface area contributed by atoms with Crippen LogP contribution in [-0.4, -0.2) is 74.0 Å². The number of carbonyl (C=O) groups is 2. The minimum atomic E-state index is -4.53. The van der Waals surface area contributed by atoms with E-state index >= 15 is 0 Å². The second kappa shape index (κ2) is 9.41. The Morgan fingerprint density at radius 1 is 1.19 bits per heavy atom. The number of carbonyl (C=O) groups excluding carboxylic acids is 1. The number of anilines is 1. The SMILES string of the molecule is CN([C@@H]1CC[C@H](N2CCC(Nc3ncnc4ccc(C(F)(F)F)cc34)C2=O)[C@](C)(C(=O)O)C1)C(C)(C)C. The van der Waals surface area contributed by atoms with Gasteiger partial charge >= 0.3 is 12.1 Å². The molecule has 0 spiro atoms. The van der Waals surface area contributed by atoms with Gasteiger partial charge in [-0.05, 0) is 78.6 Å². The van der Waals surface area contributed by atoms with Gasteiger partial charge in [0.15, 0.2) is 0 Å². The summed E-state index contributed by atoms with van der Waals surface area (Å²) in [5.41, 5.74) is -1.75. The molecule has 1 saturated carbocycles. The number of hydrogen-bond acceptors (Lipinski definition) is 6. The second-order valence-corrected chi connectivity index (χ2v) is 11.4. The van der Waals surface area contributed by atoms with Crippen LogP contribution >= 0.6 is 0 Å². The molecule has 37 heavy (non-hydrogen) atoms. The van der Waals surface area contributed by atoms with Gasteiger partial charge < -0.3 is 15.3 Å². The number of nitrogens with zero attached hydrogens (tertiary/aromatic N) is 4. The van der Waals surface area contributed by atoms with Gasteiger partial charge in [-0.15, -0.1) is 0 Å². The maximum absolute atomic E-state index is 13.5. The van der Waals surface area contributed by atoms with Gasteiger partial charge in [-0.1, -0.05) is 0 Å². The van der Waals surface area contributed by atoms with Gasteiger partial charge in [-0.2, -0.15) is 13.2 Å². The van der Waals surface area contributed by atoms with Crippen LogP contribution in [0.3, 0.4) is 0 Å². The smallest absolute Gasteiger partial charge is 0.416 e. The molecule has 1 amide bonds. The standard InChI is InChI=1S/C26H34F3N5O3/c1-24(2,3)33(5)16-7-9-20(25(4,13-16)23(36)37)34-11-10-19(22(34)35)32-21-17-12-15(26(27,28)29)6-8-18(17)30-14-31-21/h6,8,12,14,16,19-20H,7,9-11,13H2,1-5H3,(H,36,37)(H,30,31,32)/t16-,19?,20+,25-/m1/s1. The lowest BCUT2D eigenvalue weighted by atomic mass is 9.68. The molecule has 4 rings (SSSR count). The fraction of sp³-hybridized carbons (Fsp3) is 0.615. The molecular formula is C26H34F3N5O3. The van der Waals surface area contributed by atoms with Crippen molar-refractivity contribution in [2.24, 2.45) is 5.41 Å². The molecule has 2 aliphatic rings. The topological polar surface area (TPSA) is 98.7 Å². The van der Waals surface area contributed by atoms with Gasteiger partial charge in [-0.25, -0.2) is 9.97 Å². The summed E-state index contributed by atoms with van der Waals surface area (Å²) in [4.78, 5) is 38.0. The number of halogens is 3. The number of benzene rings is 1. The van der Waals surface area contributed by atoms with Crippen LogP contribution in [0.25, 0.3) is 10.9 Å². The number of aliphatic carboxylic acids is 1. The van der Waals surface area contributed by atoms with Crippen LogP contribution in [0.1, 0.15) is 58.9 Å². The van der Waals surface area contributed by atoms with Gasteiger partial charge in [0.1, 0.15) is 18.2 Å². The van der Waals surface area contributed by atoms with Crippen molar-refractivity contribution in [1.82, 2.24) is 19.8 Å². The number of nitrogens with one attached hydrogen (secondary N) is 1. The molecule has 8 nitrogen and oxygen atoms in total. The molecule has 0 radical (unpaired) electrons. The van der Waals surface area contributed by atoms with E-state index in [2.05, 4.69) is 41.0 Å². The lowest BCUT2D eigenvalue weighted by Gasteiger charge is -2.50. The third-order valence-corrected chi connectivity index (χ3v) is 8.15.